The lowest BCUT2D eigenvalue weighted by atomic mass is 9.83. The molecule has 3 fully saturated rings. The van der Waals surface area contributed by atoms with Gasteiger partial charge in [0.2, 0.25) is 0 Å². The second kappa shape index (κ2) is 8.54. The number of ether oxygens (including phenoxy) is 1. The molecule has 2 bridgehead atoms. The maximum atomic E-state index is 13.0. The van der Waals surface area contributed by atoms with E-state index in [2.05, 4.69) is 13.2 Å². The fourth-order valence-electron chi connectivity index (χ4n) is 4.41. The highest BCUT2D eigenvalue weighted by molar-refractivity contribution is 5.87. The molecule has 1 amide bonds. The van der Waals surface area contributed by atoms with Gasteiger partial charge in [0.25, 0.3) is 0 Å². The number of allylic oxidation sites excluding steroid dienone is 1. The summed E-state index contributed by atoms with van der Waals surface area (Å²) in [5, 5.41) is 0. The van der Waals surface area contributed by atoms with Crippen LogP contribution >= 0.6 is 0 Å². The molecule has 0 spiro atoms. The van der Waals surface area contributed by atoms with E-state index in [4.69, 9.17) is 4.74 Å². The lowest BCUT2D eigenvalue weighted by Crippen LogP contribution is -2.64. The quantitative estimate of drug-likeness (QED) is 0.393. The minimum absolute atomic E-state index is 0.0237. The Labute approximate surface area is 157 Å². The number of hydrogen-bond donors (Lipinski definition) is 0. The van der Waals surface area contributed by atoms with E-state index in [1.807, 2.05) is 42.5 Å². The molecule has 0 aliphatic carbocycles. The van der Waals surface area contributed by atoms with Gasteiger partial charge in [-0.2, -0.15) is 0 Å². The second-order valence-electron chi connectivity index (χ2n) is 7.62. The Morgan fingerprint density at radius 1 is 1.19 bits per heavy atom. The molecule has 3 aliphatic rings. The van der Waals surface area contributed by atoms with E-state index in [9.17, 15) is 4.79 Å². The molecule has 3 heterocycles. The number of nitrogens with zero attached hydrogens (tertiary/aromatic N) is 2. The second-order valence-corrected chi connectivity index (χ2v) is 7.62. The molecule has 4 rings (SSSR count). The highest BCUT2D eigenvalue weighted by Gasteiger charge is 2.47. The number of amides is 1. The van der Waals surface area contributed by atoms with Crippen LogP contribution in [0.3, 0.4) is 0 Å². The molecular formula is C22H31N2O2+. The summed E-state index contributed by atoms with van der Waals surface area (Å²) in [5.74, 6) is 0.509. The number of rotatable bonds is 8. The third-order valence-corrected chi connectivity index (χ3v) is 5.89. The molecule has 1 aromatic rings. The molecule has 0 N–H and O–H groups in total. The molecule has 0 radical (unpaired) electrons. The molecule has 0 aromatic heterocycles. The number of para-hydroxylation sites is 1. The van der Waals surface area contributed by atoms with E-state index in [0.717, 1.165) is 48.9 Å². The van der Waals surface area contributed by atoms with Crippen molar-refractivity contribution in [3.8, 4) is 0 Å². The maximum Gasteiger partial charge on any atom is 0.414 e. The standard InChI is InChI=1S/C22H31N2O2/c1-3-5-9-14-23(20-10-7-6-8-11-20)22(25)26-21-18-24(15-4-2)16-12-19(21)13-17-24/h3-4,6-8,10-11,19,21H,1-2,5,9,12-18H2/q+1/t19?,21-,24?/m0/s1. The predicted octanol–water partition coefficient (Wildman–Crippen LogP) is 4.39. The van der Waals surface area contributed by atoms with Crippen LogP contribution in [-0.4, -0.2) is 49.4 Å². The summed E-state index contributed by atoms with van der Waals surface area (Å²) in [6.07, 6.45) is 7.79. The molecule has 1 aromatic carbocycles. The molecular weight excluding hydrogens is 324 g/mol. The van der Waals surface area contributed by atoms with Crippen molar-refractivity contribution in [1.82, 2.24) is 0 Å². The van der Waals surface area contributed by atoms with E-state index in [-0.39, 0.29) is 12.2 Å². The zero-order valence-electron chi connectivity index (χ0n) is 15.7. The van der Waals surface area contributed by atoms with Crippen LogP contribution in [0, 0.1) is 5.92 Å². The van der Waals surface area contributed by atoms with E-state index in [0.29, 0.717) is 12.5 Å². The molecule has 0 unspecified atom stereocenters. The molecule has 0 saturated carbocycles. The largest absolute Gasteiger partial charge is 0.440 e. The van der Waals surface area contributed by atoms with Crippen LogP contribution in [0.25, 0.3) is 0 Å². The first-order valence-electron chi connectivity index (χ1n) is 9.77. The van der Waals surface area contributed by atoms with Gasteiger partial charge >= 0.3 is 6.09 Å². The first-order valence-corrected chi connectivity index (χ1v) is 9.77. The number of hydrogen-bond acceptors (Lipinski definition) is 2. The number of anilines is 1. The Morgan fingerprint density at radius 2 is 1.92 bits per heavy atom. The van der Waals surface area contributed by atoms with Crippen molar-refractivity contribution < 1.29 is 14.0 Å². The van der Waals surface area contributed by atoms with Crippen molar-refractivity contribution in [2.24, 2.45) is 5.92 Å². The zero-order chi connectivity index (χ0) is 18.4. The third-order valence-electron chi connectivity index (χ3n) is 5.89. The van der Waals surface area contributed by atoms with Gasteiger partial charge in [-0.25, -0.2) is 4.79 Å². The Hall–Kier alpha value is -2.07. The third kappa shape index (κ3) is 4.18. The van der Waals surface area contributed by atoms with E-state index < -0.39 is 0 Å². The van der Waals surface area contributed by atoms with Crippen LogP contribution in [0.2, 0.25) is 0 Å². The summed E-state index contributed by atoms with van der Waals surface area (Å²) in [6.45, 7) is 12.6. The van der Waals surface area contributed by atoms with Crippen molar-refractivity contribution in [3.05, 3.63) is 55.6 Å². The number of quaternary nitrogens is 1. The number of piperidine rings is 3. The summed E-state index contributed by atoms with van der Waals surface area (Å²) >= 11 is 0. The van der Waals surface area contributed by atoms with Crippen molar-refractivity contribution in [3.63, 3.8) is 0 Å². The van der Waals surface area contributed by atoms with E-state index >= 15 is 0 Å². The lowest BCUT2D eigenvalue weighted by molar-refractivity contribution is -0.941. The lowest BCUT2D eigenvalue weighted by Gasteiger charge is -2.51. The van der Waals surface area contributed by atoms with Gasteiger partial charge in [-0.15, -0.1) is 6.58 Å². The SMILES string of the molecule is C=CCCCN(C(=O)O[C@H]1C[N+]2(CC=C)CCC1CC2)c1ccccc1. The summed E-state index contributed by atoms with van der Waals surface area (Å²) in [5.41, 5.74) is 0.901. The summed E-state index contributed by atoms with van der Waals surface area (Å²) in [7, 11) is 0. The van der Waals surface area contributed by atoms with Gasteiger partial charge in [-0.1, -0.05) is 30.9 Å². The predicted molar refractivity (Wildman–Crippen MR) is 106 cm³/mol. The number of carbonyl (C=O) groups excluding carboxylic acids is 1. The first-order chi connectivity index (χ1) is 12.7. The number of unbranched alkanes of at least 4 members (excludes halogenated alkanes) is 1. The van der Waals surface area contributed by atoms with Gasteiger partial charge in [0.15, 0.2) is 6.10 Å². The Bertz CT molecular complexity index is 620. The normalized spacial score (nSPS) is 26.9. The van der Waals surface area contributed by atoms with Gasteiger partial charge < -0.3 is 9.22 Å². The molecule has 3 saturated heterocycles. The number of benzene rings is 1. The molecule has 3 aliphatic heterocycles. The van der Waals surface area contributed by atoms with E-state index in [1.165, 1.54) is 13.1 Å². The molecule has 4 nitrogen and oxygen atoms in total. The topological polar surface area (TPSA) is 29.5 Å². The van der Waals surface area contributed by atoms with Gasteiger partial charge in [0.1, 0.15) is 6.54 Å². The monoisotopic (exact) mass is 355 g/mol. The van der Waals surface area contributed by atoms with Crippen LogP contribution in [-0.2, 0) is 4.74 Å². The van der Waals surface area contributed by atoms with Crippen molar-refractivity contribution in [2.45, 2.75) is 31.8 Å². The average molecular weight is 356 g/mol. The van der Waals surface area contributed by atoms with Crippen LogP contribution in [0.15, 0.2) is 55.6 Å². The summed E-state index contributed by atoms with van der Waals surface area (Å²) in [4.78, 5) is 14.8. The van der Waals surface area contributed by atoms with Crippen LogP contribution in [0.4, 0.5) is 10.5 Å². The zero-order valence-corrected chi connectivity index (χ0v) is 15.7. The number of fused-ring (bicyclic) bond motifs is 3. The highest BCUT2D eigenvalue weighted by Crippen LogP contribution is 2.36. The molecule has 1 atom stereocenters. The van der Waals surface area contributed by atoms with Crippen molar-refractivity contribution >= 4 is 11.8 Å². The summed E-state index contributed by atoms with van der Waals surface area (Å²) in [6, 6.07) is 9.82. The van der Waals surface area contributed by atoms with Crippen LogP contribution in [0.1, 0.15) is 25.7 Å². The van der Waals surface area contributed by atoms with Crippen LogP contribution in [0.5, 0.6) is 0 Å². The van der Waals surface area contributed by atoms with Crippen LogP contribution < -0.4 is 4.90 Å². The minimum atomic E-state index is -0.212. The van der Waals surface area contributed by atoms with Gasteiger partial charge in [-0.3, -0.25) is 4.90 Å². The van der Waals surface area contributed by atoms with E-state index in [1.54, 1.807) is 4.90 Å². The smallest absolute Gasteiger partial charge is 0.414 e. The van der Waals surface area contributed by atoms with Crippen molar-refractivity contribution in [2.75, 3.05) is 37.6 Å². The minimum Gasteiger partial charge on any atom is -0.440 e. The van der Waals surface area contributed by atoms with Crippen molar-refractivity contribution in [1.29, 1.82) is 0 Å². The maximum absolute atomic E-state index is 13.0. The molecule has 140 valence electrons. The average Bonchev–Trinajstić information content (AvgIpc) is 2.67. The fraction of sp³-hybridized carbons (Fsp3) is 0.500. The Kier molecular flexibility index (Phi) is 6.15. The van der Waals surface area contributed by atoms with Gasteiger partial charge in [0.05, 0.1) is 19.6 Å². The van der Waals surface area contributed by atoms with Gasteiger partial charge in [0, 0.05) is 31.0 Å². The fourth-order valence-corrected chi connectivity index (χ4v) is 4.41. The summed E-state index contributed by atoms with van der Waals surface area (Å²) < 4.78 is 7.08. The molecule has 4 heteroatoms. The Balaban J connectivity index is 1.69. The first kappa shape index (κ1) is 18.7. The highest BCUT2D eigenvalue weighted by atomic mass is 16.6. The van der Waals surface area contributed by atoms with Gasteiger partial charge in [-0.05, 0) is 31.1 Å². The molecule has 26 heavy (non-hydrogen) atoms. The number of carbonyl (C=O) groups is 1. The Morgan fingerprint density at radius 3 is 2.58 bits per heavy atom.